The lowest BCUT2D eigenvalue weighted by Gasteiger charge is -2.37. The van der Waals surface area contributed by atoms with Gasteiger partial charge in [0.1, 0.15) is 0 Å². The van der Waals surface area contributed by atoms with Crippen LogP contribution in [0.25, 0.3) is 0 Å². The molecule has 6 nitrogen and oxygen atoms in total. The van der Waals surface area contributed by atoms with Gasteiger partial charge in [0.05, 0.1) is 25.2 Å². The van der Waals surface area contributed by atoms with Crippen LogP contribution in [0, 0.1) is 17.8 Å². The molecule has 0 spiro atoms. The van der Waals surface area contributed by atoms with Crippen molar-refractivity contribution in [2.75, 3.05) is 27.4 Å². The van der Waals surface area contributed by atoms with E-state index in [4.69, 9.17) is 14.2 Å². The summed E-state index contributed by atoms with van der Waals surface area (Å²) in [4.78, 5) is 12.5. The van der Waals surface area contributed by atoms with E-state index in [1.165, 1.54) is 5.56 Å². The number of ether oxygens (including phenoxy) is 3. The summed E-state index contributed by atoms with van der Waals surface area (Å²) < 4.78 is 16.5. The maximum absolute atomic E-state index is 12.5. The Bertz CT molecular complexity index is 698. The number of rotatable bonds is 12. The van der Waals surface area contributed by atoms with Crippen molar-refractivity contribution in [3.63, 3.8) is 0 Å². The van der Waals surface area contributed by atoms with Crippen LogP contribution in [0.4, 0.5) is 0 Å². The number of methoxy groups -OCH3 is 2. The summed E-state index contributed by atoms with van der Waals surface area (Å²) in [5.41, 5.74) is 0.229. The van der Waals surface area contributed by atoms with Gasteiger partial charge in [-0.2, -0.15) is 0 Å². The van der Waals surface area contributed by atoms with Crippen molar-refractivity contribution in [2.45, 2.75) is 71.4 Å². The summed E-state index contributed by atoms with van der Waals surface area (Å²) in [6.07, 6.45) is 4.30. The zero-order chi connectivity index (χ0) is 23.0. The van der Waals surface area contributed by atoms with Gasteiger partial charge in [0.2, 0.25) is 5.91 Å². The fraction of sp³-hybridized carbons (Fsp3) is 0.720. The number of aliphatic hydroxyl groups is 1. The van der Waals surface area contributed by atoms with Crippen molar-refractivity contribution in [2.24, 2.45) is 17.8 Å². The fourth-order valence-electron chi connectivity index (χ4n) is 4.33. The second-order valence-corrected chi connectivity index (χ2v) is 9.61. The Hall–Kier alpha value is -1.79. The maximum Gasteiger partial charge on any atom is 0.226 e. The Labute approximate surface area is 187 Å². The summed E-state index contributed by atoms with van der Waals surface area (Å²) in [6, 6.07) is 6.29. The lowest BCUT2D eigenvalue weighted by Crippen LogP contribution is -2.51. The van der Waals surface area contributed by atoms with Gasteiger partial charge in [0.25, 0.3) is 0 Å². The number of carbonyl (C=O) groups is 1. The summed E-state index contributed by atoms with van der Waals surface area (Å²) in [7, 11) is 3.34. The maximum atomic E-state index is 12.5. The quantitative estimate of drug-likeness (QED) is 0.486. The van der Waals surface area contributed by atoms with E-state index in [0.717, 1.165) is 43.6 Å². The van der Waals surface area contributed by atoms with E-state index in [0.29, 0.717) is 25.0 Å². The molecule has 0 aliphatic carbocycles. The molecule has 2 N–H and O–H groups in total. The molecule has 1 aromatic rings. The Morgan fingerprint density at radius 1 is 1.16 bits per heavy atom. The molecule has 1 aromatic carbocycles. The standard InChI is InChI=1S/C25H41NO5/c1-17(2)19(16-20-9-10-21(24(27)26-20)25(3,4)28)14-18-8-11-22(30-6)23(15-18)31-13-7-12-29-5/h8,11,15,17,19-21,28H,7,9-10,12-14,16H2,1-6H3,(H,26,27)/t19?,20-,21?/m1/s1. The minimum Gasteiger partial charge on any atom is -0.493 e. The van der Waals surface area contributed by atoms with Crippen LogP contribution in [0.3, 0.4) is 0 Å². The van der Waals surface area contributed by atoms with Crippen LogP contribution >= 0.6 is 0 Å². The topological polar surface area (TPSA) is 77.0 Å². The van der Waals surface area contributed by atoms with Crippen molar-refractivity contribution in [3.8, 4) is 11.5 Å². The van der Waals surface area contributed by atoms with E-state index < -0.39 is 5.60 Å². The molecule has 0 aromatic heterocycles. The molecule has 0 saturated carbocycles. The summed E-state index contributed by atoms with van der Waals surface area (Å²) in [5.74, 6) is 2.05. The summed E-state index contributed by atoms with van der Waals surface area (Å²) >= 11 is 0. The van der Waals surface area contributed by atoms with Gasteiger partial charge >= 0.3 is 0 Å². The first kappa shape index (κ1) is 25.5. The van der Waals surface area contributed by atoms with Gasteiger partial charge in [-0.25, -0.2) is 0 Å². The highest BCUT2D eigenvalue weighted by Crippen LogP contribution is 2.33. The van der Waals surface area contributed by atoms with Gasteiger partial charge in [-0.15, -0.1) is 0 Å². The smallest absolute Gasteiger partial charge is 0.226 e. The van der Waals surface area contributed by atoms with E-state index >= 15 is 0 Å². The molecule has 1 aliphatic heterocycles. The zero-order valence-corrected chi connectivity index (χ0v) is 20.1. The Morgan fingerprint density at radius 3 is 2.48 bits per heavy atom. The fourth-order valence-corrected chi connectivity index (χ4v) is 4.33. The van der Waals surface area contributed by atoms with Crippen molar-refractivity contribution in [1.29, 1.82) is 0 Å². The SMILES string of the molecule is COCCCOc1cc(CC(C[C@H]2CCC(C(C)(C)O)C(=O)N2)C(C)C)ccc1OC. The van der Waals surface area contributed by atoms with Crippen LogP contribution in [-0.4, -0.2) is 50.1 Å². The lowest BCUT2D eigenvalue weighted by atomic mass is 9.78. The lowest BCUT2D eigenvalue weighted by molar-refractivity contribution is -0.136. The Morgan fingerprint density at radius 2 is 1.90 bits per heavy atom. The zero-order valence-electron chi connectivity index (χ0n) is 20.1. The normalized spacial score (nSPS) is 20.5. The predicted octanol–water partition coefficient (Wildman–Crippen LogP) is 3.98. The van der Waals surface area contributed by atoms with E-state index in [2.05, 4.69) is 31.3 Å². The highest BCUT2D eigenvalue weighted by Gasteiger charge is 2.38. The monoisotopic (exact) mass is 435 g/mol. The van der Waals surface area contributed by atoms with Gasteiger partial charge in [0.15, 0.2) is 11.5 Å². The second-order valence-electron chi connectivity index (χ2n) is 9.61. The third-order valence-corrected chi connectivity index (χ3v) is 6.33. The molecule has 1 heterocycles. The first-order valence-corrected chi connectivity index (χ1v) is 11.5. The van der Waals surface area contributed by atoms with Crippen LogP contribution in [0.15, 0.2) is 18.2 Å². The van der Waals surface area contributed by atoms with E-state index in [-0.39, 0.29) is 17.9 Å². The molecule has 0 bridgehead atoms. The number of hydrogen-bond acceptors (Lipinski definition) is 5. The molecule has 1 saturated heterocycles. The van der Waals surface area contributed by atoms with Gasteiger partial charge in [-0.1, -0.05) is 19.9 Å². The average Bonchev–Trinajstić information content (AvgIpc) is 2.70. The van der Waals surface area contributed by atoms with Crippen molar-refractivity contribution in [1.82, 2.24) is 5.32 Å². The van der Waals surface area contributed by atoms with E-state index in [9.17, 15) is 9.90 Å². The number of amides is 1. The molecule has 0 radical (unpaired) electrons. The number of piperidine rings is 1. The van der Waals surface area contributed by atoms with Crippen LogP contribution in [0.5, 0.6) is 11.5 Å². The molecule has 2 unspecified atom stereocenters. The molecule has 31 heavy (non-hydrogen) atoms. The van der Waals surface area contributed by atoms with Crippen LogP contribution in [0.2, 0.25) is 0 Å². The highest BCUT2D eigenvalue weighted by atomic mass is 16.5. The molecule has 3 atom stereocenters. The van der Waals surface area contributed by atoms with Crippen molar-refractivity contribution < 1.29 is 24.1 Å². The van der Waals surface area contributed by atoms with Crippen LogP contribution in [0.1, 0.15) is 58.9 Å². The second kappa shape index (κ2) is 11.7. The summed E-state index contributed by atoms with van der Waals surface area (Å²) in [6.45, 7) is 9.15. The number of benzene rings is 1. The molecule has 1 aliphatic rings. The number of hydrogen-bond donors (Lipinski definition) is 2. The number of carbonyl (C=O) groups excluding carboxylic acids is 1. The largest absolute Gasteiger partial charge is 0.493 e. The van der Waals surface area contributed by atoms with Gasteiger partial charge < -0.3 is 24.6 Å². The number of nitrogens with one attached hydrogen (secondary N) is 1. The third-order valence-electron chi connectivity index (χ3n) is 6.33. The average molecular weight is 436 g/mol. The third kappa shape index (κ3) is 7.69. The minimum atomic E-state index is -0.977. The van der Waals surface area contributed by atoms with Crippen molar-refractivity contribution >= 4 is 5.91 Å². The Balaban J connectivity index is 2.02. The van der Waals surface area contributed by atoms with E-state index in [1.807, 2.05) is 6.07 Å². The molecule has 176 valence electrons. The predicted molar refractivity (Wildman–Crippen MR) is 123 cm³/mol. The molecule has 1 fully saturated rings. The van der Waals surface area contributed by atoms with Crippen molar-refractivity contribution in [3.05, 3.63) is 23.8 Å². The van der Waals surface area contributed by atoms with Crippen LogP contribution in [-0.2, 0) is 16.0 Å². The molecule has 2 rings (SSSR count). The molecular formula is C25H41NO5. The first-order chi connectivity index (χ1) is 14.7. The first-order valence-electron chi connectivity index (χ1n) is 11.5. The highest BCUT2D eigenvalue weighted by molar-refractivity contribution is 5.80. The van der Waals surface area contributed by atoms with E-state index in [1.54, 1.807) is 28.1 Å². The molecular weight excluding hydrogens is 394 g/mol. The Kier molecular flexibility index (Phi) is 9.63. The summed E-state index contributed by atoms with van der Waals surface area (Å²) in [5, 5.41) is 13.4. The van der Waals surface area contributed by atoms with Gasteiger partial charge in [0, 0.05) is 26.2 Å². The molecule has 1 amide bonds. The van der Waals surface area contributed by atoms with Gasteiger partial charge in [-0.3, -0.25) is 4.79 Å². The van der Waals surface area contributed by atoms with Crippen LogP contribution < -0.4 is 14.8 Å². The minimum absolute atomic E-state index is 0.0255. The van der Waals surface area contributed by atoms with Gasteiger partial charge in [-0.05, 0) is 69.1 Å². The molecule has 6 heteroatoms.